The van der Waals surface area contributed by atoms with Gasteiger partial charge in [-0.25, -0.2) is 4.39 Å². The monoisotopic (exact) mass is 268 g/mol. The van der Waals surface area contributed by atoms with Gasteiger partial charge in [0.2, 0.25) is 0 Å². The van der Waals surface area contributed by atoms with Crippen molar-refractivity contribution in [1.29, 1.82) is 0 Å². The summed E-state index contributed by atoms with van der Waals surface area (Å²) in [5.74, 6) is -0.922. The zero-order valence-electron chi connectivity index (χ0n) is 11.2. The largest absolute Gasteiger partial charge is 0.352 e. The number of nitrogens with one attached hydrogen (secondary N) is 1. The van der Waals surface area contributed by atoms with Crippen LogP contribution in [-0.4, -0.2) is 17.4 Å². The predicted octanol–water partition coefficient (Wildman–Crippen LogP) is 2.82. The minimum absolute atomic E-state index is 0.0863. The van der Waals surface area contributed by atoms with Gasteiger partial charge in [0.1, 0.15) is 5.82 Å². The van der Waals surface area contributed by atoms with E-state index in [1.807, 2.05) is 13.8 Å². The maximum absolute atomic E-state index is 13.8. The van der Waals surface area contributed by atoms with Gasteiger partial charge in [0.05, 0.1) is 10.5 Å². The summed E-state index contributed by atoms with van der Waals surface area (Å²) in [6.07, 6.45) is 0.765. The number of hydrogen-bond acceptors (Lipinski definition) is 3. The highest BCUT2D eigenvalue weighted by atomic mass is 19.1. The quantitative estimate of drug-likeness (QED) is 0.659. The fraction of sp³-hybridized carbons (Fsp3) is 0.462. The molecule has 5 nitrogen and oxygen atoms in total. The van der Waals surface area contributed by atoms with Crippen LogP contribution in [0.4, 0.5) is 10.1 Å². The van der Waals surface area contributed by atoms with Crippen LogP contribution >= 0.6 is 0 Å². The number of halogens is 1. The summed E-state index contributed by atoms with van der Waals surface area (Å²) in [6, 6.07) is 2.08. The molecule has 0 aromatic heterocycles. The Morgan fingerprint density at radius 2 is 2.11 bits per heavy atom. The Morgan fingerprint density at radius 1 is 1.47 bits per heavy atom. The molecular weight excluding hydrogens is 251 g/mol. The molecule has 19 heavy (non-hydrogen) atoms. The molecule has 0 heterocycles. The van der Waals surface area contributed by atoms with Crippen LogP contribution < -0.4 is 5.32 Å². The van der Waals surface area contributed by atoms with Gasteiger partial charge in [0, 0.05) is 18.7 Å². The van der Waals surface area contributed by atoms with Crippen LogP contribution in [0.25, 0.3) is 0 Å². The number of nitro groups is 1. The van der Waals surface area contributed by atoms with E-state index in [4.69, 9.17) is 0 Å². The van der Waals surface area contributed by atoms with E-state index >= 15 is 0 Å². The van der Waals surface area contributed by atoms with Gasteiger partial charge < -0.3 is 5.32 Å². The summed E-state index contributed by atoms with van der Waals surface area (Å²) < 4.78 is 13.8. The second-order valence-corrected chi connectivity index (χ2v) is 4.82. The van der Waals surface area contributed by atoms with Crippen LogP contribution in [-0.2, 0) is 0 Å². The van der Waals surface area contributed by atoms with Gasteiger partial charge in [-0.15, -0.1) is 0 Å². The van der Waals surface area contributed by atoms with Crippen LogP contribution in [0.1, 0.15) is 36.2 Å². The molecule has 0 aliphatic heterocycles. The number of benzene rings is 1. The first-order valence-electron chi connectivity index (χ1n) is 6.05. The number of amides is 1. The molecule has 1 aromatic rings. The van der Waals surface area contributed by atoms with Crippen LogP contribution in [0.5, 0.6) is 0 Å². The lowest BCUT2D eigenvalue weighted by Crippen LogP contribution is -2.26. The van der Waals surface area contributed by atoms with Crippen LogP contribution in [0.3, 0.4) is 0 Å². The van der Waals surface area contributed by atoms with Crippen molar-refractivity contribution in [3.8, 4) is 0 Å². The Morgan fingerprint density at radius 3 is 2.63 bits per heavy atom. The average molecular weight is 268 g/mol. The van der Waals surface area contributed by atoms with E-state index in [2.05, 4.69) is 5.32 Å². The van der Waals surface area contributed by atoms with Gasteiger partial charge in [-0.1, -0.05) is 13.8 Å². The van der Waals surface area contributed by atoms with Gasteiger partial charge in [-0.2, -0.15) is 0 Å². The molecule has 0 spiro atoms. The molecule has 1 N–H and O–H groups in total. The number of non-ortho nitro benzene ring substituents is 1. The summed E-state index contributed by atoms with van der Waals surface area (Å²) in [5.41, 5.74) is -0.480. The Kier molecular flexibility index (Phi) is 4.97. The van der Waals surface area contributed by atoms with E-state index in [-0.39, 0.29) is 16.8 Å². The number of aryl methyl sites for hydroxylation is 1. The zero-order valence-corrected chi connectivity index (χ0v) is 11.2. The van der Waals surface area contributed by atoms with E-state index < -0.39 is 16.6 Å². The van der Waals surface area contributed by atoms with Gasteiger partial charge >= 0.3 is 0 Å². The molecule has 0 radical (unpaired) electrons. The Labute approximate surface area is 111 Å². The van der Waals surface area contributed by atoms with Crippen LogP contribution in [0, 0.1) is 28.8 Å². The smallest absolute Gasteiger partial charge is 0.270 e. The van der Waals surface area contributed by atoms with Crippen molar-refractivity contribution in [2.24, 2.45) is 5.92 Å². The van der Waals surface area contributed by atoms with Crippen LogP contribution in [0.2, 0.25) is 0 Å². The number of carbonyl (C=O) groups excluding carboxylic acids is 1. The molecule has 104 valence electrons. The first-order valence-corrected chi connectivity index (χ1v) is 6.05. The van der Waals surface area contributed by atoms with Gasteiger partial charge in [-0.05, 0) is 24.8 Å². The van der Waals surface area contributed by atoms with Gasteiger partial charge in [-0.3, -0.25) is 14.9 Å². The van der Waals surface area contributed by atoms with E-state index in [1.54, 1.807) is 0 Å². The van der Waals surface area contributed by atoms with Crippen molar-refractivity contribution in [1.82, 2.24) is 5.32 Å². The topological polar surface area (TPSA) is 72.2 Å². The molecule has 0 atom stereocenters. The van der Waals surface area contributed by atoms with Gasteiger partial charge in [0.25, 0.3) is 11.6 Å². The minimum Gasteiger partial charge on any atom is -0.352 e. The highest BCUT2D eigenvalue weighted by molar-refractivity contribution is 5.95. The molecule has 1 rings (SSSR count). The van der Waals surface area contributed by atoms with Gasteiger partial charge in [0.15, 0.2) is 0 Å². The molecule has 1 amide bonds. The average Bonchev–Trinajstić information content (AvgIpc) is 2.31. The summed E-state index contributed by atoms with van der Waals surface area (Å²) in [4.78, 5) is 21.9. The molecule has 1 aromatic carbocycles. The summed E-state index contributed by atoms with van der Waals surface area (Å²) in [6.45, 7) is 5.82. The van der Waals surface area contributed by atoms with Crippen molar-refractivity contribution < 1.29 is 14.1 Å². The molecule has 0 aliphatic carbocycles. The third-order valence-corrected chi connectivity index (χ3v) is 2.70. The molecule has 0 saturated heterocycles. The maximum atomic E-state index is 13.8. The fourth-order valence-electron chi connectivity index (χ4n) is 1.59. The van der Waals surface area contributed by atoms with Crippen molar-refractivity contribution in [2.45, 2.75) is 27.2 Å². The molecule has 0 aliphatic rings. The Hall–Kier alpha value is -1.98. The number of nitro benzene ring substituents is 1. The lowest BCUT2D eigenvalue weighted by molar-refractivity contribution is -0.385. The second-order valence-electron chi connectivity index (χ2n) is 4.82. The third-order valence-electron chi connectivity index (χ3n) is 2.70. The molecule has 0 saturated carbocycles. The fourth-order valence-corrected chi connectivity index (χ4v) is 1.59. The summed E-state index contributed by atoms with van der Waals surface area (Å²) in [7, 11) is 0. The SMILES string of the molecule is Cc1cc([N+](=O)[O-])cc(C(=O)NCCC(C)C)c1F. The number of rotatable bonds is 5. The first-order chi connectivity index (χ1) is 8.82. The number of hydrogen-bond donors (Lipinski definition) is 1. The predicted molar refractivity (Wildman–Crippen MR) is 69.6 cm³/mol. The number of nitrogens with zero attached hydrogens (tertiary/aromatic N) is 1. The molecular formula is C13H17FN2O3. The second kappa shape index (κ2) is 6.26. The lowest BCUT2D eigenvalue weighted by Gasteiger charge is -2.09. The van der Waals surface area contributed by atoms with Crippen molar-refractivity contribution in [2.75, 3.05) is 6.54 Å². The first kappa shape index (κ1) is 15.1. The van der Waals surface area contributed by atoms with Crippen molar-refractivity contribution in [3.05, 3.63) is 39.2 Å². The van der Waals surface area contributed by atoms with E-state index in [9.17, 15) is 19.3 Å². The normalized spacial score (nSPS) is 10.6. The maximum Gasteiger partial charge on any atom is 0.270 e. The zero-order chi connectivity index (χ0) is 14.6. The highest BCUT2D eigenvalue weighted by Crippen LogP contribution is 2.20. The van der Waals surface area contributed by atoms with E-state index in [1.165, 1.54) is 6.92 Å². The number of carbonyl (C=O) groups is 1. The molecule has 0 fully saturated rings. The van der Waals surface area contributed by atoms with Crippen molar-refractivity contribution >= 4 is 11.6 Å². The Bertz CT molecular complexity index is 501. The molecule has 6 heteroatoms. The molecule has 0 bridgehead atoms. The standard InChI is InChI=1S/C13H17FN2O3/c1-8(2)4-5-15-13(17)11-7-10(16(18)19)6-9(3)12(11)14/h6-8H,4-5H2,1-3H3,(H,15,17). The highest BCUT2D eigenvalue weighted by Gasteiger charge is 2.19. The summed E-state index contributed by atoms with van der Waals surface area (Å²) in [5, 5.41) is 13.3. The van der Waals surface area contributed by atoms with E-state index in [0.717, 1.165) is 18.6 Å². The van der Waals surface area contributed by atoms with E-state index in [0.29, 0.717) is 12.5 Å². The molecule has 0 unspecified atom stereocenters. The Balaban J connectivity index is 2.92. The lowest BCUT2D eigenvalue weighted by atomic mass is 10.1. The minimum atomic E-state index is -0.715. The summed E-state index contributed by atoms with van der Waals surface area (Å²) >= 11 is 0. The van der Waals surface area contributed by atoms with Crippen molar-refractivity contribution in [3.63, 3.8) is 0 Å². The van der Waals surface area contributed by atoms with Crippen LogP contribution in [0.15, 0.2) is 12.1 Å². The third kappa shape index (κ3) is 4.01.